The molecule has 1 aliphatic heterocycles. The number of aromatic nitrogens is 2. The summed E-state index contributed by atoms with van der Waals surface area (Å²) in [6.07, 6.45) is 0.179. The van der Waals surface area contributed by atoms with Crippen LogP contribution in [0, 0.1) is 11.3 Å². The summed E-state index contributed by atoms with van der Waals surface area (Å²) in [6, 6.07) is 7.75. The first-order valence-electron chi connectivity index (χ1n) is 11.0. The second kappa shape index (κ2) is 8.89. The molecule has 0 radical (unpaired) electrons. The number of halogens is 3. The lowest BCUT2D eigenvalue weighted by atomic mass is 10.0. The van der Waals surface area contributed by atoms with Crippen molar-refractivity contribution in [3.63, 3.8) is 0 Å². The number of nitrogens with one attached hydrogen (secondary N) is 1. The Morgan fingerprint density at radius 3 is 2.76 bits per heavy atom. The molecule has 2 N–H and O–H groups in total. The molecule has 6 nitrogen and oxygen atoms in total. The van der Waals surface area contributed by atoms with E-state index in [9.17, 15) is 18.3 Å². The minimum Gasteiger partial charge on any atom is -0.507 e. The first-order valence-corrected chi connectivity index (χ1v) is 11.8. The molecule has 0 spiro atoms. The Morgan fingerprint density at radius 1 is 1.24 bits per heavy atom. The molecule has 3 aromatic rings. The Balaban J connectivity index is 1.22. The molecule has 2 aromatic heterocycles. The van der Waals surface area contributed by atoms with Gasteiger partial charge in [-0.3, -0.25) is 4.90 Å². The molecular formula is C24H22F3N5OS. The molecule has 1 aliphatic carbocycles. The van der Waals surface area contributed by atoms with Gasteiger partial charge in [0.25, 0.3) is 0 Å². The van der Waals surface area contributed by atoms with Crippen molar-refractivity contribution < 1.29 is 18.3 Å². The largest absolute Gasteiger partial charge is 0.507 e. The molecule has 0 atom stereocenters. The maximum atomic E-state index is 12.8. The molecule has 5 rings (SSSR count). The van der Waals surface area contributed by atoms with Crippen LogP contribution in [0.25, 0.3) is 16.3 Å². The van der Waals surface area contributed by atoms with Crippen molar-refractivity contribution in [2.75, 3.05) is 18.4 Å². The van der Waals surface area contributed by atoms with Gasteiger partial charge in [0, 0.05) is 53.7 Å². The topological polar surface area (TPSA) is 85.1 Å². The number of alkyl halides is 3. The lowest BCUT2D eigenvalue weighted by Gasteiger charge is -2.33. The standard InChI is InChI=1S/C24H22F3N5OS/c25-24(26,27)10-18-9-20-22(29-13-30-23(20)34-18)31-17-3-5-32(6-4-17)12-16-2-1-15-7-14(11-28)8-19(15)21(16)33/h1-2,8-9,13,17,33H,3-7,10,12H2,(H,29,30,31). The number of likely N-dealkylation sites (tertiary alicyclic amines) is 1. The molecule has 0 bridgehead atoms. The third-order valence-corrected chi connectivity index (χ3v) is 7.35. The number of nitriles is 1. The van der Waals surface area contributed by atoms with Crippen molar-refractivity contribution in [2.24, 2.45) is 0 Å². The van der Waals surface area contributed by atoms with Crippen molar-refractivity contribution in [3.05, 3.63) is 51.7 Å². The van der Waals surface area contributed by atoms with Gasteiger partial charge in [-0.1, -0.05) is 12.1 Å². The molecule has 0 unspecified atom stereocenters. The summed E-state index contributed by atoms with van der Waals surface area (Å²) in [5.41, 5.74) is 3.22. The van der Waals surface area contributed by atoms with Crippen molar-refractivity contribution in [1.29, 1.82) is 5.26 Å². The highest BCUT2D eigenvalue weighted by Crippen LogP contribution is 2.36. The minimum absolute atomic E-state index is 0.148. The van der Waals surface area contributed by atoms with Gasteiger partial charge < -0.3 is 10.4 Å². The number of benzene rings is 1. The van der Waals surface area contributed by atoms with Crippen LogP contribution in [0.15, 0.2) is 30.1 Å². The van der Waals surface area contributed by atoms with Gasteiger partial charge in [0.1, 0.15) is 22.7 Å². The average Bonchev–Trinajstić information content (AvgIpc) is 3.40. The zero-order valence-corrected chi connectivity index (χ0v) is 19.0. The van der Waals surface area contributed by atoms with Crippen LogP contribution in [0.3, 0.4) is 0 Å². The zero-order chi connectivity index (χ0) is 23.9. The molecule has 1 aromatic carbocycles. The predicted octanol–water partition coefficient (Wildman–Crippen LogP) is 5.04. The van der Waals surface area contributed by atoms with E-state index in [0.717, 1.165) is 54.0 Å². The maximum absolute atomic E-state index is 12.8. The SMILES string of the molecule is N#CC1=Cc2c(ccc(CN3CCC(Nc4ncnc5sc(CC(F)(F)F)cc45)CC3)c2O)C1. The number of fused-ring (bicyclic) bond motifs is 2. The summed E-state index contributed by atoms with van der Waals surface area (Å²) < 4.78 is 38.3. The number of rotatable bonds is 5. The molecule has 176 valence electrons. The van der Waals surface area contributed by atoms with Gasteiger partial charge >= 0.3 is 6.18 Å². The smallest absolute Gasteiger partial charge is 0.393 e. The number of thiophene rings is 1. The van der Waals surface area contributed by atoms with Crippen molar-refractivity contribution in [2.45, 2.75) is 44.4 Å². The van der Waals surface area contributed by atoms with Crippen molar-refractivity contribution in [1.82, 2.24) is 14.9 Å². The van der Waals surface area contributed by atoms with E-state index in [-0.39, 0.29) is 16.7 Å². The number of piperidine rings is 1. The Kier molecular flexibility index (Phi) is 5.91. The summed E-state index contributed by atoms with van der Waals surface area (Å²) in [5, 5.41) is 23.9. The second-order valence-electron chi connectivity index (χ2n) is 8.74. The maximum Gasteiger partial charge on any atom is 0.393 e. The van der Waals surface area contributed by atoms with Gasteiger partial charge in [0.2, 0.25) is 0 Å². The summed E-state index contributed by atoms with van der Waals surface area (Å²) >= 11 is 1.05. The fourth-order valence-electron chi connectivity index (χ4n) is 4.61. The molecule has 1 saturated heterocycles. The van der Waals surface area contributed by atoms with Crippen LogP contribution < -0.4 is 5.32 Å². The Bertz CT molecular complexity index is 1300. The first kappa shape index (κ1) is 22.6. The highest BCUT2D eigenvalue weighted by molar-refractivity contribution is 7.18. The molecule has 34 heavy (non-hydrogen) atoms. The van der Waals surface area contributed by atoms with E-state index >= 15 is 0 Å². The van der Waals surface area contributed by atoms with E-state index in [1.165, 1.54) is 12.4 Å². The zero-order valence-electron chi connectivity index (χ0n) is 18.2. The molecule has 0 amide bonds. The highest BCUT2D eigenvalue weighted by atomic mass is 32.1. The van der Waals surface area contributed by atoms with E-state index in [1.807, 2.05) is 12.1 Å². The van der Waals surface area contributed by atoms with Gasteiger partial charge in [-0.25, -0.2) is 9.97 Å². The summed E-state index contributed by atoms with van der Waals surface area (Å²) in [5.74, 6) is 0.822. The van der Waals surface area contributed by atoms with Crippen molar-refractivity contribution >= 4 is 33.4 Å². The van der Waals surface area contributed by atoms with E-state index in [4.69, 9.17) is 5.26 Å². The van der Waals surface area contributed by atoms with Gasteiger partial charge in [-0.15, -0.1) is 11.3 Å². The molecule has 2 aliphatic rings. The normalized spacial score (nSPS) is 16.9. The third-order valence-electron chi connectivity index (χ3n) is 6.31. The quantitative estimate of drug-likeness (QED) is 0.527. The first-order chi connectivity index (χ1) is 16.3. The Labute approximate surface area is 198 Å². The Morgan fingerprint density at radius 2 is 2.03 bits per heavy atom. The minimum atomic E-state index is -4.25. The van der Waals surface area contributed by atoms with Crippen LogP contribution in [-0.2, 0) is 19.4 Å². The van der Waals surface area contributed by atoms with E-state index in [1.54, 1.807) is 6.08 Å². The van der Waals surface area contributed by atoms with Crippen molar-refractivity contribution in [3.8, 4) is 11.8 Å². The predicted molar refractivity (Wildman–Crippen MR) is 124 cm³/mol. The van der Waals surface area contributed by atoms with Gasteiger partial charge in [-0.2, -0.15) is 18.4 Å². The number of hydrogen-bond donors (Lipinski definition) is 2. The number of phenols is 1. The summed E-state index contributed by atoms with van der Waals surface area (Å²) in [7, 11) is 0. The number of hydrogen-bond acceptors (Lipinski definition) is 7. The average molecular weight is 486 g/mol. The van der Waals surface area contributed by atoms with E-state index < -0.39 is 12.6 Å². The molecule has 10 heteroatoms. The fourth-order valence-corrected chi connectivity index (χ4v) is 5.64. The van der Waals surface area contributed by atoms with E-state index in [0.29, 0.717) is 34.6 Å². The number of aromatic hydroxyl groups is 1. The lowest BCUT2D eigenvalue weighted by Crippen LogP contribution is -2.38. The summed E-state index contributed by atoms with van der Waals surface area (Å²) in [4.78, 5) is 11.5. The lowest BCUT2D eigenvalue weighted by molar-refractivity contribution is -0.126. The number of nitrogens with zero attached hydrogens (tertiary/aromatic N) is 4. The van der Waals surface area contributed by atoms with Gasteiger partial charge in [-0.05, 0) is 30.5 Å². The molecular weight excluding hydrogens is 463 g/mol. The molecule has 3 heterocycles. The van der Waals surface area contributed by atoms with Crippen LogP contribution in [0.4, 0.5) is 19.0 Å². The number of anilines is 1. The van der Waals surface area contributed by atoms with Crippen LogP contribution in [-0.4, -0.2) is 45.3 Å². The molecule has 1 fully saturated rings. The van der Waals surface area contributed by atoms with E-state index in [2.05, 4.69) is 26.3 Å². The van der Waals surface area contributed by atoms with Crippen LogP contribution >= 0.6 is 11.3 Å². The number of phenolic OH excluding ortho intramolecular Hbond substituents is 1. The van der Waals surface area contributed by atoms with Gasteiger partial charge in [0.05, 0.1) is 17.9 Å². The summed E-state index contributed by atoms with van der Waals surface area (Å²) in [6.45, 7) is 2.24. The number of allylic oxidation sites excluding steroid dienone is 1. The second-order valence-corrected chi connectivity index (χ2v) is 9.86. The monoisotopic (exact) mass is 485 g/mol. The van der Waals surface area contributed by atoms with Crippen LogP contribution in [0.2, 0.25) is 0 Å². The molecule has 0 saturated carbocycles. The van der Waals surface area contributed by atoms with Crippen LogP contribution in [0.1, 0.15) is 34.4 Å². The Hall–Kier alpha value is -3.16. The highest BCUT2D eigenvalue weighted by Gasteiger charge is 2.29. The van der Waals surface area contributed by atoms with Gasteiger partial charge in [0.15, 0.2) is 0 Å². The third kappa shape index (κ3) is 4.72. The fraction of sp³-hybridized carbons (Fsp3) is 0.375. The van der Waals surface area contributed by atoms with Crippen LogP contribution in [0.5, 0.6) is 5.75 Å².